The first-order valence-electron chi connectivity index (χ1n) is 9.29. The SMILES string of the molecule is Cl.O=C(/C=C/c1ccc(CN(CCO)CCc2cc3ccccc3[nH]2)cc1)NO. The highest BCUT2D eigenvalue weighted by molar-refractivity contribution is 5.90. The number of aromatic nitrogens is 1. The van der Waals surface area contributed by atoms with Crippen LogP contribution in [0.5, 0.6) is 0 Å². The number of fused-ring (bicyclic) bond motifs is 1. The first-order valence-corrected chi connectivity index (χ1v) is 9.29. The molecule has 0 radical (unpaired) electrons. The van der Waals surface area contributed by atoms with E-state index < -0.39 is 5.91 Å². The van der Waals surface area contributed by atoms with Crippen LogP contribution in [0, 0.1) is 0 Å². The van der Waals surface area contributed by atoms with Gasteiger partial charge in [0.1, 0.15) is 0 Å². The van der Waals surface area contributed by atoms with Crippen molar-refractivity contribution in [1.82, 2.24) is 15.4 Å². The van der Waals surface area contributed by atoms with Crippen LogP contribution in [0.3, 0.4) is 0 Å². The average molecular weight is 416 g/mol. The number of carbonyl (C=O) groups excluding carboxylic acids is 1. The fraction of sp³-hybridized carbons (Fsp3) is 0.227. The fourth-order valence-electron chi connectivity index (χ4n) is 3.16. The number of hydrogen-bond acceptors (Lipinski definition) is 4. The molecule has 0 saturated heterocycles. The number of H-pyrrole nitrogens is 1. The van der Waals surface area contributed by atoms with Crippen LogP contribution in [-0.2, 0) is 17.8 Å². The van der Waals surface area contributed by atoms with Gasteiger partial charge in [0.05, 0.1) is 6.61 Å². The minimum absolute atomic E-state index is 0. The molecule has 0 saturated carbocycles. The van der Waals surface area contributed by atoms with Crippen LogP contribution in [0.25, 0.3) is 17.0 Å². The molecule has 3 aromatic rings. The molecule has 0 unspecified atom stereocenters. The number of nitrogens with zero attached hydrogens (tertiary/aromatic N) is 1. The van der Waals surface area contributed by atoms with Gasteiger partial charge in [-0.05, 0) is 34.7 Å². The van der Waals surface area contributed by atoms with Gasteiger partial charge in [-0.1, -0.05) is 42.5 Å². The molecule has 29 heavy (non-hydrogen) atoms. The van der Waals surface area contributed by atoms with Crippen molar-refractivity contribution in [3.63, 3.8) is 0 Å². The lowest BCUT2D eigenvalue weighted by molar-refractivity contribution is -0.124. The smallest absolute Gasteiger partial charge is 0.267 e. The topological polar surface area (TPSA) is 88.6 Å². The highest BCUT2D eigenvalue weighted by atomic mass is 35.5. The highest BCUT2D eigenvalue weighted by Gasteiger charge is 2.08. The molecule has 6 nitrogen and oxygen atoms in total. The van der Waals surface area contributed by atoms with Crippen LogP contribution < -0.4 is 5.48 Å². The summed E-state index contributed by atoms with van der Waals surface area (Å²) in [6.45, 7) is 2.30. The van der Waals surface area contributed by atoms with Crippen molar-refractivity contribution in [3.8, 4) is 0 Å². The van der Waals surface area contributed by atoms with Crippen LogP contribution in [0.2, 0.25) is 0 Å². The summed E-state index contributed by atoms with van der Waals surface area (Å²) in [4.78, 5) is 16.7. The van der Waals surface area contributed by atoms with E-state index in [9.17, 15) is 9.90 Å². The Morgan fingerprint density at radius 2 is 1.86 bits per heavy atom. The third kappa shape index (κ3) is 6.73. The van der Waals surface area contributed by atoms with E-state index in [1.807, 2.05) is 36.4 Å². The highest BCUT2D eigenvalue weighted by Crippen LogP contribution is 2.16. The standard InChI is InChI=1S/C22H25N3O3.ClH/c26-14-13-25(12-11-20-15-19-3-1-2-4-21(19)23-20)16-18-7-5-17(6-8-18)9-10-22(27)24-28;/h1-10,15,23,26,28H,11-14,16H2,(H,24,27);1H/b10-9+;. The van der Waals surface area contributed by atoms with E-state index in [0.29, 0.717) is 6.54 Å². The summed E-state index contributed by atoms with van der Waals surface area (Å²) in [7, 11) is 0. The molecule has 1 amide bonds. The number of halogens is 1. The van der Waals surface area contributed by atoms with E-state index in [4.69, 9.17) is 5.21 Å². The molecule has 154 valence electrons. The Morgan fingerprint density at radius 1 is 1.10 bits per heavy atom. The molecule has 2 aromatic carbocycles. The zero-order chi connectivity index (χ0) is 19.8. The van der Waals surface area contributed by atoms with Crippen molar-refractivity contribution < 1.29 is 15.1 Å². The Balaban J connectivity index is 0.00000300. The molecule has 0 bridgehead atoms. The van der Waals surface area contributed by atoms with Crippen LogP contribution in [-0.4, -0.2) is 45.8 Å². The molecule has 1 heterocycles. The lowest BCUT2D eigenvalue weighted by Crippen LogP contribution is -2.28. The number of benzene rings is 2. The number of nitrogens with one attached hydrogen (secondary N) is 2. The number of carbonyl (C=O) groups is 1. The number of hydrogen-bond donors (Lipinski definition) is 4. The minimum atomic E-state index is -0.560. The van der Waals surface area contributed by atoms with Gasteiger partial charge in [-0.25, -0.2) is 5.48 Å². The van der Waals surface area contributed by atoms with Crippen molar-refractivity contribution in [1.29, 1.82) is 0 Å². The van der Waals surface area contributed by atoms with Gasteiger partial charge in [0.15, 0.2) is 0 Å². The van der Waals surface area contributed by atoms with E-state index >= 15 is 0 Å². The van der Waals surface area contributed by atoms with Crippen molar-refractivity contribution in [2.24, 2.45) is 0 Å². The van der Waals surface area contributed by atoms with Gasteiger partial charge in [-0.2, -0.15) is 0 Å². The molecule has 4 N–H and O–H groups in total. The number of aromatic amines is 1. The number of para-hydroxylation sites is 1. The number of hydroxylamine groups is 1. The molecular weight excluding hydrogens is 390 g/mol. The Bertz CT molecular complexity index is 905. The number of aliphatic hydroxyl groups excluding tert-OH is 1. The summed E-state index contributed by atoms with van der Waals surface area (Å²) in [5.74, 6) is -0.560. The Kier molecular flexibility index (Phi) is 8.89. The summed E-state index contributed by atoms with van der Waals surface area (Å²) < 4.78 is 0. The molecule has 0 atom stereocenters. The van der Waals surface area contributed by atoms with Gasteiger partial charge < -0.3 is 10.1 Å². The van der Waals surface area contributed by atoms with Gasteiger partial charge in [0.25, 0.3) is 5.91 Å². The second-order valence-corrected chi connectivity index (χ2v) is 6.68. The molecule has 3 rings (SSSR count). The maximum atomic E-state index is 11.0. The number of rotatable bonds is 9. The van der Waals surface area contributed by atoms with Gasteiger partial charge in [0, 0.05) is 43.3 Å². The third-order valence-corrected chi connectivity index (χ3v) is 4.62. The lowest BCUT2D eigenvalue weighted by Gasteiger charge is -2.21. The summed E-state index contributed by atoms with van der Waals surface area (Å²) in [6.07, 6.45) is 3.79. The Morgan fingerprint density at radius 3 is 2.55 bits per heavy atom. The first kappa shape index (κ1) is 22.6. The lowest BCUT2D eigenvalue weighted by atomic mass is 10.1. The molecule has 0 aliphatic carbocycles. The average Bonchev–Trinajstić information content (AvgIpc) is 3.14. The predicted octanol–water partition coefficient (Wildman–Crippen LogP) is 3.15. The van der Waals surface area contributed by atoms with Crippen molar-refractivity contribution in [2.45, 2.75) is 13.0 Å². The Hall–Kier alpha value is -2.64. The van der Waals surface area contributed by atoms with Gasteiger partial charge in [-0.15, -0.1) is 12.4 Å². The van der Waals surface area contributed by atoms with Gasteiger partial charge >= 0.3 is 0 Å². The van der Waals surface area contributed by atoms with E-state index in [1.54, 1.807) is 11.6 Å². The second kappa shape index (κ2) is 11.4. The zero-order valence-corrected chi connectivity index (χ0v) is 16.9. The predicted molar refractivity (Wildman–Crippen MR) is 117 cm³/mol. The molecule has 0 aliphatic heterocycles. The normalized spacial score (nSPS) is 11.1. The molecule has 7 heteroatoms. The van der Waals surface area contributed by atoms with Crippen molar-refractivity contribution in [3.05, 3.63) is 77.5 Å². The third-order valence-electron chi connectivity index (χ3n) is 4.62. The molecule has 1 aromatic heterocycles. The minimum Gasteiger partial charge on any atom is -0.395 e. The van der Waals surface area contributed by atoms with Crippen molar-refractivity contribution >= 4 is 35.3 Å². The zero-order valence-electron chi connectivity index (χ0n) is 16.0. The summed E-state index contributed by atoms with van der Waals surface area (Å²) in [5, 5.41) is 19.1. The van der Waals surface area contributed by atoms with Gasteiger partial charge in [-0.3, -0.25) is 14.9 Å². The summed E-state index contributed by atoms with van der Waals surface area (Å²) >= 11 is 0. The van der Waals surface area contributed by atoms with E-state index in [2.05, 4.69) is 28.1 Å². The van der Waals surface area contributed by atoms with E-state index in [0.717, 1.165) is 36.2 Å². The molecule has 0 fully saturated rings. The first-order chi connectivity index (χ1) is 13.7. The fourth-order valence-corrected chi connectivity index (χ4v) is 3.16. The molecular formula is C22H26ClN3O3. The monoisotopic (exact) mass is 415 g/mol. The second-order valence-electron chi connectivity index (χ2n) is 6.68. The van der Waals surface area contributed by atoms with E-state index in [-0.39, 0.29) is 19.0 Å². The number of amides is 1. The van der Waals surface area contributed by atoms with Crippen molar-refractivity contribution in [2.75, 3.05) is 19.7 Å². The largest absolute Gasteiger partial charge is 0.395 e. The van der Waals surface area contributed by atoms with Crippen LogP contribution in [0.4, 0.5) is 0 Å². The maximum Gasteiger partial charge on any atom is 0.267 e. The number of aliphatic hydroxyl groups is 1. The van der Waals surface area contributed by atoms with Crippen LogP contribution >= 0.6 is 12.4 Å². The quantitative estimate of drug-likeness (QED) is 0.245. The molecule has 0 aliphatic rings. The van der Waals surface area contributed by atoms with Crippen LogP contribution in [0.15, 0.2) is 60.7 Å². The maximum absolute atomic E-state index is 11.0. The van der Waals surface area contributed by atoms with Gasteiger partial charge in [0.2, 0.25) is 0 Å². The Labute approximate surface area is 176 Å². The van der Waals surface area contributed by atoms with Crippen LogP contribution in [0.1, 0.15) is 16.8 Å². The summed E-state index contributed by atoms with van der Waals surface area (Å²) in [6, 6.07) is 18.3. The molecule has 0 spiro atoms. The van der Waals surface area contributed by atoms with E-state index in [1.165, 1.54) is 17.2 Å². The summed E-state index contributed by atoms with van der Waals surface area (Å²) in [5.41, 5.74) is 5.90.